The monoisotopic (exact) mass is 412 g/mol. The van der Waals surface area contributed by atoms with Crippen LogP contribution in [0.1, 0.15) is 24.1 Å². The van der Waals surface area contributed by atoms with Crippen molar-refractivity contribution in [2.75, 3.05) is 5.32 Å². The van der Waals surface area contributed by atoms with Gasteiger partial charge in [0.2, 0.25) is 0 Å². The van der Waals surface area contributed by atoms with E-state index in [0.717, 1.165) is 11.3 Å². The van der Waals surface area contributed by atoms with Gasteiger partial charge in [0.05, 0.1) is 11.6 Å². The zero-order valence-electron chi connectivity index (χ0n) is 15.3. The molecule has 2 heterocycles. The molecule has 0 fully saturated rings. The first-order chi connectivity index (χ1) is 13.4. The van der Waals surface area contributed by atoms with E-state index in [1.54, 1.807) is 23.5 Å². The summed E-state index contributed by atoms with van der Waals surface area (Å²) in [7, 11) is 0. The lowest BCUT2D eigenvalue weighted by Crippen LogP contribution is -2.19. The van der Waals surface area contributed by atoms with Gasteiger partial charge in [0.15, 0.2) is 0 Å². The van der Waals surface area contributed by atoms with E-state index in [0.29, 0.717) is 16.0 Å². The Morgan fingerprint density at radius 3 is 2.75 bits per heavy atom. The predicted molar refractivity (Wildman–Crippen MR) is 116 cm³/mol. The molecule has 2 N–H and O–H groups in total. The van der Waals surface area contributed by atoms with Crippen molar-refractivity contribution < 1.29 is 4.39 Å². The first-order valence-electron chi connectivity index (χ1n) is 8.84. The van der Waals surface area contributed by atoms with E-state index in [2.05, 4.69) is 40.1 Å². The normalized spacial score (nSPS) is 12.3. The van der Waals surface area contributed by atoms with Crippen molar-refractivity contribution >= 4 is 39.5 Å². The summed E-state index contributed by atoms with van der Waals surface area (Å²) in [6.07, 6.45) is 0. The lowest BCUT2D eigenvalue weighted by atomic mass is 10.0. The van der Waals surface area contributed by atoms with Gasteiger partial charge in [-0.2, -0.15) is 11.3 Å². The molecule has 0 bridgehead atoms. The second kappa shape index (κ2) is 7.41. The molecule has 1 atom stereocenters. The van der Waals surface area contributed by atoms with Gasteiger partial charge in [-0.05, 0) is 71.6 Å². The van der Waals surface area contributed by atoms with Crippen LogP contribution in [0.25, 0.3) is 22.0 Å². The quantitative estimate of drug-likeness (QED) is 0.400. The number of aryl methyl sites for hydroxylation is 1. The zero-order chi connectivity index (χ0) is 19.8. The molecule has 0 aliphatic heterocycles. The standard InChI is InChI=1S/C22H18ClFN2OS/c1-12-10-28-11-19(12)14-4-3-5-17(7-14)25-13(2)18-8-15-6-16(23)9-20(24)21(15)26-22(18)27/h3-11,13,25H,1-2H3,(H,26,27)/t13-/m0/s1. The maximum absolute atomic E-state index is 14.0. The Kier molecular flexibility index (Phi) is 4.96. The van der Waals surface area contributed by atoms with Gasteiger partial charge in [0.25, 0.3) is 5.56 Å². The number of aromatic amines is 1. The third kappa shape index (κ3) is 3.55. The molecule has 4 rings (SSSR count). The van der Waals surface area contributed by atoms with Crippen molar-refractivity contribution in [2.24, 2.45) is 0 Å². The van der Waals surface area contributed by atoms with E-state index < -0.39 is 5.82 Å². The molecular formula is C22H18ClFN2OS. The average molecular weight is 413 g/mol. The number of thiophene rings is 1. The number of rotatable bonds is 4. The van der Waals surface area contributed by atoms with E-state index in [1.165, 1.54) is 17.2 Å². The summed E-state index contributed by atoms with van der Waals surface area (Å²) in [5.41, 5.74) is 4.84. The van der Waals surface area contributed by atoms with Crippen LogP contribution in [0.2, 0.25) is 5.02 Å². The number of pyridine rings is 1. The number of halogens is 2. The van der Waals surface area contributed by atoms with Crippen molar-refractivity contribution in [1.82, 2.24) is 4.98 Å². The summed E-state index contributed by atoms with van der Waals surface area (Å²) in [4.78, 5) is 15.1. The molecule has 2 aromatic heterocycles. The minimum Gasteiger partial charge on any atom is -0.378 e. The molecule has 0 unspecified atom stereocenters. The van der Waals surface area contributed by atoms with Crippen LogP contribution in [0.15, 0.2) is 58.0 Å². The van der Waals surface area contributed by atoms with Gasteiger partial charge in [-0.15, -0.1) is 0 Å². The predicted octanol–water partition coefficient (Wildman–Crippen LogP) is 6.53. The van der Waals surface area contributed by atoms with Crippen molar-refractivity contribution in [3.05, 3.63) is 85.5 Å². The van der Waals surface area contributed by atoms with Gasteiger partial charge in [0.1, 0.15) is 5.82 Å². The first-order valence-corrected chi connectivity index (χ1v) is 10.2. The van der Waals surface area contributed by atoms with Gasteiger partial charge >= 0.3 is 0 Å². The fraction of sp³-hybridized carbons (Fsp3) is 0.136. The molecule has 2 aromatic carbocycles. The molecule has 0 aliphatic carbocycles. The highest BCUT2D eigenvalue weighted by molar-refractivity contribution is 7.08. The lowest BCUT2D eigenvalue weighted by Gasteiger charge is -2.16. The first kappa shape index (κ1) is 18.7. The topological polar surface area (TPSA) is 44.9 Å². The smallest absolute Gasteiger partial charge is 0.253 e. The summed E-state index contributed by atoms with van der Waals surface area (Å²) in [6, 6.07) is 12.3. The second-order valence-corrected chi connectivity index (χ2v) is 8.00. The second-order valence-electron chi connectivity index (χ2n) is 6.82. The van der Waals surface area contributed by atoms with Gasteiger partial charge < -0.3 is 10.3 Å². The Labute approximate surface area is 170 Å². The molecule has 0 aliphatic rings. The summed E-state index contributed by atoms with van der Waals surface area (Å²) in [5.74, 6) is -0.536. The number of fused-ring (bicyclic) bond motifs is 1. The van der Waals surface area contributed by atoms with Crippen molar-refractivity contribution in [1.29, 1.82) is 0 Å². The number of benzene rings is 2. The molecule has 0 radical (unpaired) electrons. The average Bonchev–Trinajstić information content (AvgIpc) is 3.08. The van der Waals surface area contributed by atoms with Gasteiger partial charge in [-0.1, -0.05) is 23.7 Å². The van der Waals surface area contributed by atoms with Gasteiger partial charge in [-0.25, -0.2) is 4.39 Å². The fourth-order valence-corrected chi connectivity index (χ4v) is 4.41. The Balaban J connectivity index is 1.67. The minimum atomic E-state index is -0.536. The fourth-order valence-electron chi connectivity index (χ4n) is 3.34. The molecule has 28 heavy (non-hydrogen) atoms. The highest BCUT2D eigenvalue weighted by Crippen LogP contribution is 2.30. The summed E-state index contributed by atoms with van der Waals surface area (Å²) in [5, 5.41) is 8.48. The van der Waals surface area contributed by atoms with Crippen molar-refractivity contribution in [3.8, 4) is 11.1 Å². The number of hydrogen-bond acceptors (Lipinski definition) is 3. The summed E-state index contributed by atoms with van der Waals surface area (Å²) >= 11 is 7.63. The maximum atomic E-state index is 14.0. The number of nitrogens with one attached hydrogen (secondary N) is 2. The van der Waals surface area contributed by atoms with Crippen LogP contribution >= 0.6 is 22.9 Å². The SMILES string of the molecule is Cc1cscc1-c1cccc(N[C@@H](C)c2cc3cc(Cl)cc(F)c3[nH]c2=O)c1. The van der Waals surface area contributed by atoms with Crippen LogP contribution in [0, 0.1) is 12.7 Å². The Hall–Kier alpha value is -2.63. The van der Waals surface area contributed by atoms with Crippen LogP contribution in [-0.2, 0) is 0 Å². The number of aromatic nitrogens is 1. The van der Waals surface area contributed by atoms with Gasteiger partial charge in [0, 0.05) is 21.7 Å². The van der Waals surface area contributed by atoms with E-state index >= 15 is 0 Å². The van der Waals surface area contributed by atoms with Crippen molar-refractivity contribution in [3.63, 3.8) is 0 Å². The Bertz CT molecular complexity index is 1230. The molecule has 0 amide bonds. The molecule has 6 heteroatoms. The van der Waals surface area contributed by atoms with Crippen LogP contribution in [0.4, 0.5) is 10.1 Å². The Morgan fingerprint density at radius 2 is 2.00 bits per heavy atom. The van der Waals surface area contributed by atoms with E-state index in [4.69, 9.17) is 11.6 Å². The molecule has 3 nitrogen and oxygen atoms in total. The number of anilines is 1. The highest BCUT2D eigenvalue weighted by atomic mass is 35.5. The van der Waals surface area contributed by atoms with Gasteiger partial charge in [-0.3, -0.25) is 4.79 Å². The number of H-pyrrole nitrogens is 1. The molecule has 142 valence electrons. The minimum absolute atomic E-state index is 0.167. The van der Waals surface area contributed by atoms with Crippen LogP contribution in [0.5, 0.6) is 0 Å². The zero-order valence-corrected chi connectivity index (χ0v) is 16.9. The summed E-state index contributed by atoms with van der Waals surface area (Å²) in [6.45, 7) is 3.99. The Morgan fingerprint density at radius 1 is 1.18 bits per heavy atom. The van der Waals surface area contributed by atoms with Crippen molar-refractivity contribution in [2.45, 2.75) is 19.9 Å². The summed E-state index contributed by atoms with van der Waals surface area (Å²) < 4.78 is 14.0. The largest absolute Gasteiger partial charge is 0.378 e. The molecular weight excluding hydrogens is 395 g/mol. The third-order valence-corrected chi connectivity index (χ3v) is 5.86. The van der Waals surface area contributed by atoms with E-state index in [1.807, 2.05) is 19.1 Å². The molecule has 4 aromatic rings. The van der Waals surface area contributed by atoms with Crippen LogP contribution < -0.4 is 10.9 Å². The lowest BCUT2D eigenvalue weighted by molar-refractivity contribution is 0.636. The van der Waals surface area contributed by atoms with Crippen LogP contribution in [-0.4, -0.2) is 4.98 Å². The molecule has 0 saturated heterocycles. The molecule has 0 saturated carbocycles. The van der Waals surface area contributed by atoms with E-state index in [9.17, 15) is 9.18 Å². The maximum Gasteiger partial charge on any atom is 0.253 e. The molecule has 0 spiro atoms. The number of hydrogen-bond donors (Lipinski definition) is 2. The van der Waals surface area contributed by atoms with Crippen LogP contribution in [0.3, 0.4) is 0 Å². The highest BCUT2D eigenvalue weighted by Gasteiger charge is 2.14. The third-order valence-electron chi connectivity index (χ3n) is 4.78. The van der Waals surface area contributed by atoms with E-state index in [-0.39, 0.29) is 17.1 Å².